The van der Waals surface area contributed by atoms with Crippen molar-refractivity contribution < 1.29 is 14.3 Å². The van der Waals surface area contributed by atoms with Gasteiger partial charge in [-0.15, -0.1) is 0 Å². The Morgan fingerprint density at radius 2 is 1.74 bits per heavy atom. The van der Waals surface area contributed by atoms with Gasteiger partial charge in [0.25, 0.3) is 5.91 Å². The monoisotopic (exact) mass is 370 g/mol. The fourth-order valence-corrected chi connectivity index (χ4v) is 2.81. The molecule has 0 aliphatic carbocycles. The van der Waals surface area contributed by atoms with Crippen LogP contribution in [0.1, 0.15) is 36.9 Å². The van der Waals surface area contributed by atoms with Crippen molar-refractivity contribution in [3.8, 4) is 11.5 Å². The Hall–Kier alpha value is -2.53. The first-order chi connectivity index (χ1) is 12.9. The van der Waals surface area contributed by atoms with Crippen LogP contribution in [0.15, 0.2) is 48.5 Å². The first-order valence-corrected chi connectivity index (χ1v) is 9.20. The van der Waals surface area contributed by atoms with Gasteiger partial charge in [-0.25, -0.2) is 0 Å². The summed E-state index contributed by atoms with van der Waals surface area (Å²) in [6, 6.07) is 15.8. The van der Waals surface area contributed by atoms with Crippen molar-refractivity contribution in [2.75, 3.05) is 34.4 Å². The molecule has 1 N–H and O–H groups in total. The lowest BCUT2D eigenvalue weighted by atomic mass is 10.0. The molecule has 2 aromatic rings. The molecule has 0 aliphatic heterocycles. The van der Waals surface area contributed by atoms with Gasteiger partial charge in [-0.3, -0.25) is 4.79 Å². The Balaban J connectivity index is 1.88. The lowest BCUT2D eigenvalue weighted by Crippen LogP contribution is -2.36. The number of likely N-dealkylation sites (N-methyl/N-ethyl adjacent to an activating group) is 1. The summed E-state index contributed by atoms with van der Waals surface area (Å²) < 4.78 is 10.9. The Kier molecular flexibility index (Phi) is 7.67. The minimum absolute atomic E-state index is 0.000710. The number of amides is 1. The zero-order chi connectivity index (χ0) is 19.8. The van der Waals surface area contributed by atoms with E-state index in [0.717, 1.165) is 11.3 Å². The van der Waals surface area contributed by atoms with Gasteiger partial charge in [0.2, 0.25) is 0 Å². The number of carbonyl (C=O) groups is 1. The van der Waals surface area contributed by atoms with Crippen LogP contribution < -0.4 is 14.8 Å². The Bertz CT molecular complexity index is 727. The predicted octanol–water partition coefficient (Wildman–Crippen LogP) is 3.62. The zero-order valence-electron chi connectivity index (χ0n) is 16.9. The summed E-state index contributed by atoms with van der Waals surface area (Å²) in [5, 5.41) is 2.95. The average Bonchev–Trinajstić information content (AvgIpc) is 2.66. The molecule has 1 atom stereocenters. The highest BCUT2D eigenvalue weighted by atomic mass is 16.5. The highest BCUT2D eigenvalue weighted by Crippen LogP contribution is 2.22. The highest BCUT2D eigenvalue weighted by molar-refractivity contribution is 5.77. The number of hydrogen-bond donors (Lipinski definition) is 1. The highest BCUT2D eigenvalue weighted by Gasteiger charge is 2.16. The van der Waals surface area contributed by atoms with Crippen molar-refractivity contribution in [2.45, 2.75) is 25.8 Å². The molecule has 0 bridgehead atoms. The lowest BCUT2D eigenvalue weighted by Gasteiger charge is -2.25. The molecule has 2 rings (SSSR count). The molecule has 146 valence electrons. The van der Waals surface area contributed by atoms with Crippen LogP contribution in [0.3, 0.4) is 0 Å². The molecule has 0 heterocycles. The largest absolute Gasteiger partial charge is 0.497 e. The van der Waals surface area contributed by atoms with Crippen LogP contribution in [0.5, 0.6) is 11.5 Å². The van der Waals surface area contributed by atoms with E-state index < -0.39 is 0 Å². The first-order valence-electron chi connectivity index (χ1n) is 9.20. The molecule has 0 aromatic heterocycles. The number of nitrogens with one attached hydrogen (secondary N) is 1. The smallest absolute Gasteiger partial charge is 0.258 e. The lowest BCUT2D eigenvalue weighted by molar-refractivity contribution is -0.123. The van der Waals surface area contributed by atoms with Crippen molar-refractivity contribution in [3.63, 3.8) is 0 Å². The molecule has 0 spiro atoms. The summed E-state index contributed by atoms with van der Waals surface area (Å²) in [5.41, 5.74) is 2.34. The quantitative estimate of drug-likeness (QED) is 0.732. The van der Waals surface area contributed by atoms with Gasteiger partial charge in [-0.05, 0) is 55.4 Å². The molecule has 2 aromatic carbocycles. The van der Waals surface area contributed by atoms with Crippen molar-refractivity contribution in [1.29, 1.82) is 0 Å². The molecule has 27 heavy (non-hydrogen) atoms. The van der Waals surface area contributed by atoms with Crippen molar-refractivity contribution >= 4 is 5.91 Å². The molecular formula is C22H30N2O3. The van der Waals surface area contributed by atoms with Gasteiger partial charge in [0.1, 0.15) is 11.5 Å². The molecule has 0 radical (unpaired) electrons. The maximum Gasteiger partial charge on any atom is 0.258 e. The van der Waals surface area contributed by atoms with Crippen LogP contribution in [-0.2, 0) is 4.79 Å². The van der Waals surface area contributed by atoms with Gasteiger partial charge < -0.3 is 19.7 Å². The third-order valence-electron chi connectivity index (χ3n) is 4.51. The maximum atomic E-state index is 12.2. The Morgan fingerprint density at radius 3 is 2.33 bits per heavy atom. The second kappa shape index (κ2) is 9.97. The van der Waals surface area contributed by atoms with E-state index in [1.807, 2.05) is 62.6 Å². The molecule has 1 unspecified atom stereocenters. The second-order valence-corrected chi connectivity index (χ2v) is 7.07. The number of carbonyl (C=O) groups excluding carboxylic acids is 1. The minimum atomic E-state index is -0.141. The van der Waals surface area contributed by atoms with Crippen molar-refractivity contribution in [2.24, 2.45) is 0 Å². The third-order valence-corrected chi connectivity index (χ3v) is 4.51. The van der Waals surface area contributed by atoms with E-state index in [1.54, 1.807) is 7.11 Å². The van der Waals surface area contributed by atoms with Gasteiger partial charge in [-0.2, -0.15) is 0 Å². The van der Waals surface area contributed by atoms with Crippen LogP contribution >= 0.6 is 0 Å². The van der Waals surface area contributed by atoms with Crippen molar-refractivity contribution in [1.82, 2.24) is 10.2 Å². The van der Waals surface area contributed by atoms with Gasteiger partial charge in [0.05, 0.1) is 13.2 Å². The Labute approximate surface area is 162 Å². The third kappa shape index (κ3) is 6.29. The molecule has 1 amide bonds. The normalized spacial score (nSPS) is 12.1. The van der Waals surface area contributed by atoms with Crippen LogP contribution in [0, 0.1) is 0 Å². The maximum absolute atomic E-state index is 12.2. The van der Waals surface area contributed by atoms with Gasteiger partial charge >= 0.3 is 0 Å². The SMILES string of the molecule is COc1cccc(C(CNC(=O)COc2ccc(C(C)C)cc2)N(C)C)c1. The van der Waals surface area contributed by atoms with E-state index in [9.17, 15) is 4.79 Å². The Morgan fingerprint density at radius 1 is 1.04 bits per heavy atom. The molecular weight excluding hydrogens is 340 g/mol. The van der Waals surface area contributed by atoms with Gasteiger partial charge in [-0.1, -0.05) is 38.1 Å². The van der Waals surface area contributed by atoms with E-state index in [-0.39, 0.29) is 18.6 Å². The minimum Gasteiger partial charge on any atom is -0.497 e. The van der Waals surface area contributed by atoms with Crippen LogP contribution in [0.25, 0.3) is 0 Å². The first kappa shape index (κ1) is 20.8. The van der Waals surface area contributed by atoms with E-state index in [0.29, 0.717) is 18.2 Å². The summed E-state index contributed by atoms with van der Waals surface area (Å²) in [6.07, 6.45) is 0. The van der Waals surface area contributed by atoms with Crippen LogP contribution in [-0.4, -0.2) is 45.2 Å². The van der Waals surface area contributed by atoms with E-state index in [1.165, 1.54) is 5.56 Å². The van der Waals surface area contributed by atoms with Crippen LogP contribution in [0.4, 0.5) is 0 Å². The number of rotatable bonds is 9. The topological polar surface area (TPSA) is 50.8 Å². The fraction of sp³-hybridized carbons (Fsp3) is 0.409. The van der Waals surface area contributed by atoms with E-state index in [4.69, 9.17) is 9.47 Å². The standard InChI is InChI=1S/C22H30N2O3/c1-16(2)17-9-11-19(12-10-17)27-15-22(25)23-14-21(24(3)4)18-7-6-8-20(13-18)26-5/h6-13,16,21H,14-15H2,1-5H3,(H,23,25). The summed E-state index contributed by atoms with van der Waals surface area (Å²) in [6.45, 7) is 4.79. The number of methoxy groups -OCH3 is 1. The van der Waals surface area contributed by atoms with Crippen LogP contribution in [0.2, 0.25) is 0 Å². The van der Waals surface area contributed by atoms with E-state index in [2.05, 4.69) is 24.1 Å². The number of ether oxygens (including phenoxy) is 2. The molecule has 0 aliphatic rings. The summed E-state index contributed by atoms with van der Waals surface area (Å²) >= 11 is 0. The van der Waals surface area contributed by atoms with Crippen molar-refractivity contribution in [3.05, 3.63) is 59.7 Å². The molecule has 5 heteroatoms. The summed E-state index contributed by atoms with van der Waals surface area (Å²) in [4.78, 5) is 14.3. The number of nitrogens with zero attached hydrogens (tertiary/aromatic N) is 1. The summed E-state index contributed by atoms with van der Waals surface area (Å²) in [5.74, 6) is 1.84. The zero-order valence-corrected chi connectivity index (χ0v) is 16.9. The van der Waals surface area contributed by atoms with Gasteiger partial charge in [0.15, 0.2) is 6.61 Å². The average molecular weight is 370 g/mol. The summed E-state index contributed by atoms with van der Waals surface area (Å²) in [7, 11) is 5.63. The predicted molar refractivity (Wildman–Crippen MR) is 108 cm³/mol. The molecule has 0 saturated heterocycles. The molecule has 0 fully saturated rings. The number of hydrogen-bond acceptors (Lipinski definition) is 4. The van der Waals surface area contributed by atoms with Gasteiger partial charge in [0, 0.05) is 6.54 Å². The van der Waals surface area contributed by atoms with E-state index >= 15 is 0 Å². The molecule has 5 nitrogen and oxygen atoms in total. The molecule has 0 saturated carbocycles. The second-order valence-electron chi connectivity index (χ2n) is 7.07. The fourth-order valence-electron chi connectivity index (χ4n) is 2.81. The number of benzene rings is 2.